The van der Waals surface area contributed by atoms with Crippen molar-refractivity contribution in [2.75, 3.05) is 7.11 Å². The van der Waals surface area contributed by atoms with Gasteiger partial charge >= 0.3 is 6.18 Å². The molecule has 1 heterocycles. The number of carbonyl (C=O) groups excluding carboxylic acids is 1. The average molecular weight is 330 g/mol. The lowest BCUT2D eigenvalue weighted by Crippen LogP contribution is -2.56. The first-order valence-corrected chi connectivity index (χ1v) is 7.07. The number of ether oxygens (including phenoxy) is 1. The number of halogens is 3. The number of nitrogens with zero attached hydrogens (tertiary/aromatic N) is 2. The van der Waals surface area contributed by atoms with Crippen LogP contribution in [-0.2, 0) is 0 Å². The van der Waals surface area contributed by atoms with Crippen molar-refractivity contribution in [3.05, 3.63) is 29.8 Å². The van der Waals surface area contributed by atoms with Crippen LogP contribution < -0.4 is 4.74 Å². The van der Waals surface area contributed by atoms with Crippen molar-refractivity contribution in [1.29, 1.82) is 0 Å². The predicted molar refractivity (Wildman–Crippen MR) is 77.1 cm³/mol. The lowest BCUT2D eigenvalue weighted by Gasteiger charge is -2.32. The van der Waals surface area contributed by atoms with Crippen molar-refractivity contribution >= 4 is 11.6 Å². The molecule has 0 aromatic heterocycles. The number of amides is 1. The molecule has 2 rings (SSSR count). The van der Waals surface area contributed by atoms with Crippen LogP contribution in [0.25, 0.3) is 0 Å². The number of hydrogen-bond donors (Lipinski definition) is 1. The Kier molecular flexibility index (Phi) is 4.65. The number of rotatable bonds is 4. The molecule has 1 amide bonds. The van der Waals surface area contributed by atoms with Gasteiger partial charge in [-0.05, 0) is 24.6 Å². The topological polar surface area (TPSA) is 62.1 Å². The van der Waals surface area contributed by atoms with Crippen molar-refractivity contribution in [2.24, 2.45) is 5.10 Å². The largest absolute Gasteiger partial charge is 0.497 e. The van der Waals surface area contributed by atoms with E-state index >= 15 is 0 Å². The Labute approximate surface area is 131 Å². The predicted octanol–water partition coefficient (Wildman–Crippen LogP) is 2.95. The highest BCUT2D eigenvalue weighted by Gasteiger charge is 2.63. The fraction of sp³-hybridized carbons (Fsp3) is 0.467. The van der Waals surface area contributed by atoms with Gasteiger partial charge in [0, 0.05) is 17.7 Å². The van der Waals surface area contributed by atoms with Crippen LogP contribution in [0.4, 0.5) is 13.2 Å². The molecule has 0 saturated carbocycles. The van der Waals surface area contributed by atoms with E-state index in [0.29, 0.717) is 12.2 Å². The Morgan fingerprint density at radius 2 is 2.17 bits per heavy atom. The van der Waals surface area contributed by atoms with E-state index in [2.05, 4.69) is 5.10 Å². The molecule has 1 aliphatic rings. The highest BCUT2D eigenvalue weighted by atomic mass is 19.4. The van der Waals surface area contributed by atoms with Gasteiger partial charge in [-0.1, -0.05) is 19.4 Å². The number of carbonyl (C=O) groups is 1. The van der Waals surface area contributed by atoms with Crippen LogP contribution in [0.2, 0.25) is 0 Å². The van der Waals surface area contributed by atoms with E-state index in [4.69, 9.17) is 4.74 Å². The summed E-state index contributed by atoms with van der Waals surface area (Å²) in [4.78, 5) is 12.4. The van der Waals surface area contributed by atoms with Gasteiger partial charge in [-0.25, -0.2) is 0 Å². The summed E-state index contributed by atoms with van der Waals surface area (Å²) < 4.78 is 44.8. The Bertz CT molecular complexity index is 631. The Morgan fingerprint density at radius 3 is 2.74 bits per heavy atom. The molecule has 8 heteroatoms. The van der Waals surface area contributed by atoms with E-state index in [1.54, 1.807) is 13.0 Å². The van der Waals surface area contributed by atoms with Gasteiger partial charge in [0.25, 0.3) is 11.6 Å². The van der Waals surface area contributed by atoms with Gasteiger partial charge in [0.05, 0.1) is 7.11 Å². The SMILES string of the molecule is CCCC1=NN(C(=O)c2cccc(OC)c2)C(O)(C(F)(F)F)C1. The zero-order chi connectivity index (χ0) is 17.3. The van der Waals surface area contributed by atoms with Crippen LogP contribution in [0.1, 0.15) is 36.5 Å². The summed E-state index contributed by atoms with van der Waals surface area (Å²) in [6, 6.07) is 5.68. The second-order valence-corrected chi connectivity index (χ2v) is 5.26. The van der Waals surface area contributed by atoms with E-state index < -0.39 is 24.2 Å². The minimum absolute atomic E-state index is 0.0477. The third-order valence-corrected chi connectivity index (χ3v) is 3.54. The molecule has 1 aromatic carbocycles. The fourth-order valence-corrected chi connectivity index (χ4v) is 2.36. The number of benzene rings is 1. The molecule has 5 nitrogen and oxygen atoms in total. The minimum atomic E-state index is -5.01. The van der Waals surface area contributed by atoms with Gasteiger partial charge in [0.2, 0.25) is 0 Å². The first-order valence-electron chi connectivity index (χ1n) is 7.07. The molecule has 1 atom stereocenters. The van der Waals surface area contributed by atoms with Gasteiger partial charge in [0.1, 0.15) is 5.75 Å². The zero-order valence-corrected chi connectivity index (χ0v) is 12.7. The van der Waals surface area contributed by atoms with Crippen LogP contribution in [0, 0.1) is 0 Å². The summed E-state index contributed by atoms with van der Waals surface area (Å²) >= 11 is 0. The third-order valence-electron chi connectivity index (χ3n) is 3.54. The molecule has 23 heavy (non-hydrogen) atoms. The molecule has 0 saturated heterocycles. The normalized spacial score (nSPS) is 21.3. The molecule has 1 unspecified atom stereocenters. The molecular formula is C15H17F3N2O3. The number of hydrogen-bond acceptors (Lipinski definition) is 4. The summed E-state index contributed by atoms with van der Waals surface area (Å²) in [5, 5.41) is 13.9. The molecule has 1 N–H and O–H groups in total. The molecule has 0 aliphatic carbocycles. The zero-order valence-electron chi connectivity index (χ0n) is 12.7. The van der Waals surface area contributed by atoms with Crippen molar-refractivity contribution in [3.63, 3.8) is 0 Å². The van der Waals surface area contributed by atoms with Gasteiger partial charge in [-0.15, -0.1) is 0 Å². The number of hydrazone groups is 1. The van der Waals surface area contributed by atoms with Crippen molar-refractivity contribution in [3.8, 4) is 5.75 Å². The van der Waals surface area contributed by atoms with Crippen molar-refractivity contribution in [1.82, 2.24) is 5.01 Å². The molecule has 1 aliphatic heterocycles. The van der Waals surface area contributed by atoms with E-state index in [9.17, 15) is 23.1 Å². The van der Waals surface area contributed by atoms with Gasteiger partial charge in [-0.3, -0.25) is 4.79 Å². The molecule has 0 radical (unpaired) electrons. The lowest BCUT2D eigenvalue weighted by atomic mass is 10.0. The monoisotopic (exact) mass is 330 g/mol. The van der Waals surface area contributed by atoms with E-state index in [1.807, 2.05) is 0 Å². The van der Waals surface area contributed by atoms with E-state index in [0.717, 1.165) is 0 Å². The maximum atomic E-state index is 13.3. The fourth-order valence-electron chi connectivity index (χ4n) is 2.36. The molecule has 0 fully saturated rings. The van der Waals surface area contributed by atoms with Crippen molar-refractivity contribution in [2.45, 2.75) is 38.1 Å². The van der Waals surface area contributed by atoms with Crippen molar-refractivity contribution < 1.29 is 27.8 Å². The summed E-state index contributed by atoms with van der Waals surface area (Å²) in [5.74, 6) is -0.710. The minimum Gasteiger partial charge on any atom is -0.497 e. The lowest BCUT2D eigenvalue weighted by molar-refractivity contribution is -0.297. The van der Waals surface area contributed by atoms with E-state index in [-0.39, 0.29) is 22.7 Å². The average Bonchev–Trinajstić information content (AvgIpc) is 2.84. The first kappa shape index (κ1) is 17.3. The van der Waals surface area contributed by atoms with Crippen LogP contribution in [0.3, 0.4) is 0 Å². The van der Waals surface area contributed by atoms with Gasteiger partial charge in [0.15, 0.2) is 0 Å². The molecule has 0 spiro atoms. The maximum absolute atomic E-state index is 13.3. The standard InChI is InChI=1S/C15H17F3N2O3/c1-3-5-11-9-14(22,15(16,17)18)20(19-11)13(21)10-6-4-7-12(8-10)23-2/h4,6-8,22H,3,5,9H2,1-2H3. The van der Waals surface area contributed by atoms with Crippen LogP contribution in [0.15, 0.2) is 29.4 Å². The molecule has 0 bridgehead atoms. The number of alkyl halides is 3. The van der Waals surface area contributed by atoms with Crippen LogP contribution in [-0.4, -0.2) is 40.7 Å². The first-order chi connectivity index (χ1) is 10.7. The second kappa shape index (κ2) is 6.19. The summed E-state index contributed by atoms with van der Waals surface area (Å²) in [7, 11) is 1.38. The number of aliphatic hydroxyl groups is 1. The number of methoxy groups -OCH3 is 1. The highest BCUT2D eigenvalue weighted by Crippen LogP contribution is 2.41. The third kappa shape index (κ3) is 3.17. The maximum Gasteiger partial charge on any atom is 0.438 e. The molecule has 1 aromatic rings. The summed E-state index contributed by atoms with van der Waals surface area (Å²) in [6.07, 6.45) is -4.91. The van der Waals surface area contributed by atoms with Gasteiger partial charge < -0.3 is 9.84 Å². The Balaban J connectivity index is 2.41. The summed E-state index contributed by atoms with van der Waals surface area (Å²) in [6.45, 7) is 1.78. The Hall–Kier alpha value is -2.09. The smallest absolute Gasteiger partial charge is 0.438 e. The second-order valence-electron chi connectivity index (χ2n) is 5.26. The quantitative estimate of drug-likeness (QED) is 0.923. The van der Waals surface area contributed by atoms with Crippen LogP contribution >= 0.6 is 0 Å². The Morgan fingerprint density at radius 1 is 1.48 bits per heavy atom. The molecule has 126 valence electrons. The van der Waals surface area contributed by atoms with Gasteiger partial charge in [-0.2, -0.15) is 23.3 Å². The van der Waals surface area contributed by atoms with Crippen LogP contribution in [0.5, 0.6) is 5.75 Å². The highest BCUT2D eigenvalue weighted by molar-refractivity contribution is 5.98. The summed E-state index contributed by atoms with van der Waals surface area (Å²) in [5.41, 5.74) is -3.23. The molecular weight excluding hydrogens is 313 g/mol. The van der Waals surface area contributed by atoms with E-state index in [1.165, 1.54) is 25.3 Å².